The summed E-state index contributed by atoms with van der Waals surface area (Å²) in [6.07, 6.45) is 0. The molecule has 0 aromatic heterocycles. The van der Waals surface area contributed by atoms with Gasteiger partial charge < -0.3 is 10.1 Å². The lowest BCUT2D eigenvalue weighted by atomic mass is 10.3. The Morgan fingerprint density at radius 3 is 2.13 bits per heavy atom. The molecule has 0 aliphatic rings. The van der Waals surface area contributed by atoms with E-state index in [0.717, 1.165) is 0 Å². The zero-order chi connectivity index (χ0) is 22.6. The average Bonchev–Trinajstić information content (AvgIpc) is 2.71. The number of halogens is 4. The molecule has 0 heterocycles. The number of sulfonamides is 1. The normalized spacial score (nSPS) is 11.1. The molecular weight excluding hydrogens is 506 g/mol. The number of nitrogens with one attached hydrogen (secondary N) is 2. The van der Waals surface area contributed by atoms with Gasteiger partial charge in [-0.15, -0.1) is 0 Å². The first-order chi connectivity index (χ1) is 14.6. The van der Waals surface area contributed by atoms with Gasteiger partial charge in [0.05, 0.1) is 20.0 Å². The summed E-state index contributed by atoms with van der Waals surface area (Å²) in [5, 5.41) is 3.77. The summed E-state index contributed by atoms with van der Waals surface area (Å²) in [5.41, 5.74) is 0.795. The minimum absolute atomic E-state index is 0.0290. The van der Waals surface area contributed by atoms with Crippen molar-refractivity contribution in [3.05, 3.63) is 80.8 Å². The van der Waals surface area contributed by atoms with Crippen LogP contribution in [0.5, 0.6) is 5.75 Å². The summed E-state index contributed by atoms with van der Waals surface area (Å²) in [6.45, 7) is -0.352. The van der Waals surface area contributed by atoms with Crippen molar-refractivity contribution in [1.82, 2.24) is 0 Å². The third-order valence-electron chi connectivity index (χ3n) is 3.87. The predicted octanol–water partition coefficient (Wildman–Crippen LogP) is 6.12. The first-order valence-electron chi connectivity index (χ1n) is 8.60. The van der Waals surface area contributed by atoms with E-state index in [0.29, 0.717) is 26.4 Å². The highest BCUT2D eigenvalue weighted by molar-refractivity contribution is 7.92. The Morgan fingerprint density at radius 2 is 1.48 bits per heavy atom. The molecule has 6 nitrogen and oxygen atoms in total. The van der Waals surface area contributed by atoms with Gasteiger partial charge in [-0.25, -0.2) is 8.42 Å². The van der Waals surface area contributed by atoms with Crippen molar-refractivity contribution in [2.24, 2.45) is 0 Å². The van der Waals surface area contributed by atoms with Crippen LogP contribution < -0.4 is 14.8 Å². The van der Waals surface area contributed by atoms with Gasteiger partial charge in [0.15, 0.2) is 6.61 Å². The molecule has 31 heavy (non-hydrogen) atoms. The monoisotopic (exact) mass is 518 g/mol. The fourth-order valence-corrected chi connectivity index (χ4v) is 4.22. The lowest BCUT2D eigenvalue weighted by molar-refractivity contribution is -0.118. The zero-order valence-electron chi connectivity index (χ0n) is 15.5. The van der Waals surface area contributed by atoms with Gasteiger partial charge >= 0.3 is 0 Å². The molecule has 0 saturated heterocycles. The number of rotatable bonds is 7. The minimum Gasteiger partial charge on any atom is -0.482 e. The second kappa shape index (κ2) is 9.97. The molecule has 0 aliphatic heterocycles. The van der Waals surface area contributed by atoms with E-state index in [-0.39, 0.29) is 22.3 Å². The molecule has 3 rings (SSSR count). The SMILES string of the molecule is O=C(COc1ccc(S(=O)(=O)Nc2ccc(Cl)cc2)cc1Cl)Nc1ccc(Cl)c(Cl)c1. The predicted molar refractivity (Wildman–Crippen MR) is 124 cm³/mol. The fourth-order valence-electron chi connectivity index (χ4n) is 2.41. The van der Waals surface area contributed by atoms with Gasteiger partial charge in [-0.05, 0) is 60.7 Å². The number of amides is 1. The molecule has 0 saturated carbocycles. The molecule has 0 radical (unpaired) electrons. The number of hydrogen-bond donors (Lipinski definition) is 2. The van der Waals surface area contributed by atoms with Crippen molar-refractivity contribution in [3.8, 4) is 5.75 Å². The van der Waals surface area contributed by atoms with Gasteiger partial charge in [-0.1, -0.05) is 46.4 Å². The van der Waals surface area contributed by atoms with Crippen LogP contribution >= 0.6 is 46.4 Å². The smallest absolute Gasteiger partial charge is 0.262 e. The molecular formula is C20H14Cl4N2O4S. The van der Waals surface area contributed by atoms with Crippen LogP contribution in [0, 0.1) is 0 Å². The number of carbonyl (C=O) groups excluding carboxylic acids is 1. The zero-order valence-corrected chi connectivity index (χ0v) is 19.4. The van der Waals surface area contributed by atoms with Gasteiger partial charge in [0.1, 0.15) is 5.75 Å². The molecule has 11 heteroatoms. The van der Waals surface area contributed by atoms with Crippen LogP contribution in [-0.4, -0.2) is 20.9 Å². The highest BCUT2D eigenvalue weighted by Crippen LogP contribution is 2.29. The van der Waals surface area contributed by atoms with E-state index < -0.39 is 15.9 Å². The number of hydrogen-bond acceptors (Lipinski definition) is 4. The highest BCUT2D eigenvalue weighted by Gasteiger charge is 2.17. The van der Waals surface area contributed by atoms with Crippen molar-refractivity contribution in [2.75, 3.05) is 16.6 Å². The van der Waals surface area contributed by atoms with Crippen molar-refractivity contribution in [1.29, 1.82) is 0 Å². The summed E-state index contributed by atoms with van der Waals surface area (Å²) in [6, 6.07) is 14.7. The Hall–Kier alpha value is -2.16. The molecule has 0 bridgehead atoms. The van der Waals surface area contributed by atoms with Gasteiger partial charge in [-0.2, -0.15) is 0 Å². The largest absolute Gasteiger partial charge is 0.482 e. The van der Waals surface area contributed by atoms with Gasteiger partial charge in [0.25, 0.3) is 15.9 Å². The third-order valence-corrected chi connectivity index (χ3v) is 6.54. The summed E-state index contributed by atoms with van der Waals surface area (Å²) in [4.78, 5) is 12.0. The minimum atomic E-state index is -3.88. The van der Waals surface area contributed by atoms with Crippen LogP contribution in [0.1, 0.15) is 0 Å². The second-order valence-corrected chi connectivity index (χ2v) is 9.51. The van der Waals surface area contributed by atoms with Gasteiger partial charge in [0.2, 0.25) is 0 Å². The van der Waals surface area contributed by atoms with E-state index in [1.807, 2.05) is 0 Å². The van der Waals surface area contributed by atoms with Crippen molar-refractivity contribution in [3.63, 3.8) is 0 Å². The molecule has 0 fully saturated rings. The molecule has 3 aromatic rings. The number of anilines is 2. The quantitative estimate of drug-likeness (QED) is 0.394. The first-order valence-corrected chi connectivity index (χ1v) is 11.6. The summed E-state index contributed by atoms with van der Waals surface area (Å²) < 4.78 is 32.9. The maximum absolute atomic E-state index is 12.5. The lowest BCUT2D eigenvalue weighted by Crippen LogP contribution is -2.20. The number of benzene rings is 3. The average molecular weight is 520 g/mol. The fraction of sp³-hybridized carbons (Fsp3) is 0.0500. The van der Waals surface area contributed by atoms with E-state index in [9.17, 15) is 13.2 Å². The van der Waals surface area contributed by atoms with Crippen LogP contribution in [-0.2, 0) is 14.8 Å². The Balaban J connectivity index is 1.64. The summed E-state index contributed by atoms with van der Waals surface area (Å²) in [5.74, 6) is -0.313. The third kappa shape index (κ3) is 6.41. The molecule has 162 valence electrons. The molecule has 0 spiro atoms. The van der Waals surface area contributed by atoms with Gasteiger partial charge in [-0.3, -0.25) is 9.52 Å². The number of carbonyl (C=O) groups is 1. The topological polar surface area (TPSA) is 84.5 Å². The summed E-state index contributed by atoms with van der Waals surface area (Å²) >= 11 is 23.7. The van der Waals surface area contributed by atoms with Crippen LogP contribution in [0.3, 0.4) is 0 Å². The van der Waals surface area contributed by atoms with E-state index in [4.69, 9.17) is 51.1 Å². The standard InChI is InChI=1S/C20H14Cl4N2O4S/c21-12-1-3-13(4-2-12)26-31(28,29)15-6-8-19(18(24)10-15)30-11-20(27)25-14-5-7-16(22)17(23)9-14/h1-10,26H,11H2,(H,25,27). The molecule has 2 N–H and O–H groups in total. The Bertz CT molecular complexity index is 1220. The van der Waals surface area contributed by atoms with Crippen molar-refractivity contribution >= 4 is 73.7 Å². The molecule has 3 aromatic carbocycles. The maximum atomic E-state index is 12.5. The van der Waals surface area contributed by atoms with Crippen LogP contribution in [0.4, 0.5) is 11.4 Å². The summed E-state index contributed by atoms with van der Waals surface area (Å²) in [7, 11) is -3.88. The van der Waals surface area contributed by atoms with Crippen LogP contribution in [0.25, 0.3) is 0 Å². The molecule has 1 amide bonds. The molecule has 0 unspecified atom stereocenters. The molecule has 0 atom stereocenters. The van der Waals surface area contributed by atoms with Crippen molar-refractivity contribution < 1.29 is 17.9 Å². The molecule has 0 aliphatic carbocycles. The van der Waals surface area contributed by atoms with Crippen LogP contribution in [0.15, 0.2) is 65.6 Å². The Labute approximate surface area is 199 Å². The van der Waals surface area contributed by atoms with E-state index >= 15 is 0 Å². The van der Waals surface area contributed by atoms with Crippen LogP contribution in [0.2, 0.25) is 20.1 Å². The second-order valence-electron chi connectivity index (χ2n) is 6.17. The Kier molecular flexibility index (Phi) is 7.56. The van der Waals surface area contributed by atoms with Crippen molar-refractivity contribution in [2.45, 2.75) is 4.90 Å². The highest BCUT2D eigenvalue weighted by atomic mass is 35.5. The lowest BCUT2D eigenvalue weighted by Gasteiger charge is -2.12. The van der Waals surface area contributed by atoms with E-state index in [2.05, 4.69) is 10.0 Å². The first kappa shape index (κ1) is 23.5. The van der Waals surface area contributed by atoms with E-state index in [1.54, 1.807) is 24.3 Å². The van der Waals surface area contributed by atoms with E-state index in [1.165, 1.54) is 36.4 Å². The number of ether oxygens (including phenoxy) is 1. The van der Waals surface area contributed by atoms with Gasteiger partial charge in [0, 0.05) is 16.4 Å². The Morgan fingerprint density at radius 1 is 0.806 bits per heavy atom. The maximum Gasteiger partial charge on any atom is 0.262 e.